The normalized spacial score (nSPS) is 21.2. The Labute approximate surface area is 120 Å². The second-order valence-electron chi connectivity index (χ2n) is 7.48. The molecule has 1 rings (SSSR count). The second kappa shape index (κ2) is 7.05. The predicted octanol–water partition coefficient (Wildman–Crippen LogP) is 2.38. The molecule has 1 saturated heterocycles. The van der Waals surface area contributed by atoms with Gasteiger partial charge in [0.1, 0.15) is 0 Å². The highest BCUT2D eigenvalue weighted by Gasteiger charge is 2.39. The molecule has 0 aliphatic carbocycles. The summed E-state index contributed by atoms with van der Waals surface area (Å²) in [6, 6.07) is 1.40. The van der Waals surface area contributed by atoms with E-state index in [0.717, 1.165) is 0 Å². The number of rotatable bonds is 8. The van der Waals surface area contributed by atoms with Crippen molar-refractivity contribution in [1.82, 2.24) is 14.7 Å². The van der Waals surface area contributed by atoms with Crippen LogP contribution in [0.4, 0.5) is 0 Å². The first-order chi connectivity index (χ1) is 8.73. The molecule has 0 aromatic heterocycles. The van der Waals surface area contributed by atoms with Gasteiger partial charge in [-0.25, -0.2) is 0 Å². The van der Waals surface area contributed by atoms with Gasteiger partial charge in [-0.2, -0.15) is 0 Å². The smallest absolute Gasteiger partial charge is 0.00760 e. The molecule has 0 spiro atoms. The summed E-state index contributed by atoms with van der Waals surface area (Å²) < 4.78 is 0. The van der Waals surface area contributed by atoms with Crippen molar-refractivity contribution in [2.45, 2.75) is 52.6 Å². The van der Waals surface area contributed by atoms with Crippen LogP contribution in [-0.2, 0) is 0 Å². The first-order valence-corrected chi connectivity index (χ1v) is 7.82. The highest BCUT2D eigenvalue weighted by atomic mass is 15.2. The Kier molecular flexibility index (Phi) is 6.28. The first kappa shape index (κ1) is 16.9. The van der Waals surface area contributed by atoms with Gasteiger partial charge in [0.25, 0.3) is 0 Å². The zero-order valence-corrected chi connectivity index (χ0v) is 14.2. The summed E-state index contributed by atoms with van der Waals surface area (Å²) in [5.41, 5.74) is 0.555. The molecule has 0 aromatic carbocycles. The average Bonchev–Trinajstić information content (AvgIpc) is 2.28. The van der Waals surface area contributed by atoms with Gasteiger partial charge in [0.15, 0.2) is 0 Å². The van der Waals surface area contributed by atoms with E-state index in [2.05, 4.69) is 63.5 Å². The average molecular weight is 269 g/mol. The van der Waals surface area contributed by atoms with Crippen molar-refractivity contribution >= 4 is 0 Å². The Hall–Kier alpha value is -0.120. The van der Waals surface area contributed by atoms with Crippen LogP contribution in [0.3, 0.4) is 0 Å². The highest BCUT2D eigenvalue weighted by Crippen LogP contribution is 2.34. The van der Waals surface area contributed by atoms with E-state index in [9.17, 15) is 0 Å². The van der Waals surface area contributed by atoms with Crippen LogP contribution in [-0.4, -0.2) is 74.1 Å². The predicted molar refractivity (Wildman–Crippen MR) is 84.7 cm³/mol. The Morgan fingerprint density at radius 2 is 1.63 bits per heavy atom. The molecule has 3 heteroatoms. The first-order valence-electron chi connectivity index (χ1n) is 7.82. The van der Waals surface area contributed by atoms with Crippen molar-refractivity contribution in [2.75, 3.05) is 47.3 Å². The van der Waals surface area contributed by atoms with Gasteiger partial charge in [-0.3, -0.25) is 4.90 Å². The number of hydrogen-bond acceptors (Lipinski definition) is 3. The van der Waals surface area contributed by atoms with E-state index in [0.29, 0.717) is 17.5 Å². The van der Waals surface area contributed by atoms with Gasteiger partial charge in [0.05, 0.1) is 0 Å². The summed E-state index contributed by atoms with van der Waals surface area (Å²) in [6.45, 7) is 14.4. The molecule has 114 valence electrons. The van der Waals surface area contributed by atoms with E-state index >= 15 is 0 Å². The minimum Gasteiger partial charge on any atom is -0.309 e. The summed E-state index contributed by atoms with van der Waals surface area (Å²) in [5.74, 6) is 0. The summed E-state index contributed by atoms with van der Waals surface area (Å²) >= 11 is 0. The largest absolute Gasteiger partial charge is 0.309 e. The molecule has 1 fully saturated rings. The molecule has 0 N–H and O–H groups in total. The van der Waals surface area contributed by atoms with Crippen LogP contribution in [0, 0.1) is 5.41 Å². The van der Waals surface area contributed by atoms with E-state index in [-0.39, 0.29) is 0 Å². The topological polar surface area (TPSA) is 9.72 Å². The minimum absolute atomic E-state index is 0.555. The van der Waals surface area contributed by atoms with Gasteiger partial charge in [-0.05, 0) is 73.3 Å². The van der Waals surface area contributed by atoms with E-state index in [1.807, 2.05) is 0 Å². The lowest BCUT2D eigenvalue weighted by molar-refractivity contribution is -0.0204. The molecular formula is C16H35N3. The van der Waals surface area contributed by atoms with Crippen LogP contribution in [0.15, 0.2) is 0 Å². The summed E-state index contributed by atoms with van der Waals surface area (Å²) in [5, 5.41) is 0. The number of nitrogens with zero attached hydrogens (tertiary/aromatic N) is 3. The summed E-state index contributed by atoms with van der Waals surface area (Å²) in [7, 11) is 6.59. The maximum absolute atomic E-state index is 2.58. The molecule has 19 heavy (non-hydrogen) atoms. The summed E-state index contributed by atoms with van der Waals surface area (Å²) in [6.07, 6.45) is 2.59. The highest BCUT2D eigenvalue weighted by molar-refractivity contribution is 4.93. The third-order valence-corrected chi connectivity index (χ3v) is 4.71. The van der Waals surface area contributed by atoms with Crippen molar-refractivity contribution in [3.63, 3.8) is 0 Å². The maximum Gasteiger partial charge on any atom is 0.00760 e. The molecule has 1 unspecified atom stereocenters. The Balaban J connectivity index is 2.21. The Bertz CT molecular complexity index is 257. The maximum atomic E-state index is 2.58. The van der Waals surface area contributed by atoms with Crippen molar-refractivity contribution < 1.29 is 0 Å². The second-order valence-corrected chi connectivity index (χ2v) is 7.48. The van der Waals surface area contributed by atoms with Crippen LogP contribution in [0.1, 0.15) is 40.5 Å². The molecule has 0 aromatic rings. The molecule has 1 aliphatic heterocycles. The van der Waals surface area contributed by atoms with Crippen molar-refractivity contribution in [3.8, 4) is 0 Å². The molecule has 0 bridgehead atoms. The Morgan fingerprint density at radius 1 is 1.05 bits per heavy atom. The lowest BCUT2D eigenvalue weighted by Gasteiger charge is -2.51. The molecule has 1 heterocycles. The molecule has 0 amide bonds. The van der Waals surface area contributed by atoms with Gasteiger partial charge < -0.3 is 9.80 Å². The fourth-order valence-electron chi connectivity index (χ4n) is 2.79. The minimum atomic E-state index is 0.555. The van der Waals surface area contributed by atoms with E-state index in [4.69, 9.17) is 0 Å². The van der Waals surface area contributed by atoms with Crippen molar-refractivity contribution in [1.29, 1.82) is 0 Å². The number of hydrogen-bond donors (Lipinski definition) is 0. The lowest BCUT2D eigenvalue weighted by atomic mass is 9.78. The van der Waals surface area contributed by atoms with Crippen LogP contribution >= 0.6 is 0 Å². The quantitative estimate of drug-likeness (QED) is 0.670. The molecule has 1 aliphatic rings. The summed E-state index contributed by atoms with van der Waals surface area (Å²) in [4.78, 5) is 7.39. The van der Waals surface area contributed by atoms with E-state index in [1.165, 1.54) is 39.0 Å². The standard InChI is InChI=1S/C16H35N3/c1-14(2)19-12-16(4,13-19)9-11-18(7)15(3)8-10-17(5)6/h14-15H,8-13H2,1-7H3. The molecule has 1 atom stereocenters. The van der Waals surface area contributed by atoms with Gasteiger partial charge >= 0.3 is 0 Å². The third kappa shape index (κ3) is 5.41. The lowest BCUT2D eigenvalue weighted by Crippen LogP contribution is -2.58. The van der Waals surface area contributed by atoms with E-state index in [1.54, 1.807) is 0 Å². The SMILES string of the molecule is CC(CCN(C)C)N(C)CCC1(C)CN(C(C)C)C1. The van der Waals surface area contributed by atoms with Gasteiger partial charge in [0, 0.05) is 25.2 Å². The fourth-order valence-corrected chi connectivity index (χ4v) is 2.79. The van der Waals surface area contributed by atoms with Crippen LogP contribution < -0.4 is 0 Å². The molecule has 0 radical (unpaired) electrons. The van der Waals surface area contributed by atoms with Gasteiger partial charge in [-0.1, -0.05) is 6.92 Å². The van der Waals surface area contributed by atoms with Crippen LogP contribution in [0.5, 0.6) is 0 Å². The zero-order chi connectivity index (χ0) is 14.6. The zero-order valence-electron chi connectivity index (χ0n) is 14.2. The molecule has 3 nitrogen and oxygen atoms in total. The van der Waals surface area contributed by atoms with Crippen molar-refractivity contribution in [2.24, 2.45) is 5.41 Å². The van der Waals surface area contributed by atoms with Gasteiger partial charge in [-0.15, -0.1) is 0 Å². The fraction of sp³-hybridized carbons (Fsp3) is 1.00. The van der Waals surface area contributed by atoms with Crippen molar-refractivity contribution in [3.05, 3.63) is 0 Å². The molecule has 0 saturated carbocycles. The monoisotopic (exact) mass is 269 g/mol. The van der Waals surface area contributed by atoms with E-state index < -0.39 is 0 Å². The van der Waals surface area contributed by atoms with Crippen LogP contribution in [0.2, 0.25) is 0 Å². The molecular weight excluding hydrogens is 234 g/mol. The third-order valence-electron chi connectivity index (χ3n) is 4.71. The Morgan fingerprint density at radius 3 is 2.11 bits per heavy atom. The van der Waals surface area contributed by atoms with Crippen LogP contribution in [0.25, 0.3) is 0 Å². The van der Waals surface area contributed by atoms with Gasteiger partial charge in [0.2, 0.25) is 0 Å². The number of likely N-dealkylation sites (tertiary alicyclic amines) is 1.